The summed E-state index contributed by atoms with van der Waals surface area (Å²) in [5.74, 6) is -0.400. The smallest absolute Gasteiger partial charge is 0.416 e. The number of benzene rings is 1. The Kier molecular flexibility index (Phi) is 7.00. The summed E-state index contributed by atoms with van der Waals surface area (Å²) in [5, 5.41) is 3.08. The number of hydrogen-bond donors (Lipinski definition) is 1. The Balaban J connectivity index is 0.00000312. The van der Waals surface area contributed by atoms with Gasteiger partial charge in [0.2, 0.25) is 0 Å². The number of nitrogens with zero attached hydrogens (tertiary/aromatic N) is 1. The van der Waals surface area contributed by atoms with Crippen molar-refractivity contribution in [3.8, 4) is 5.75 Å². The molecule has 0 aliphatic carbocycles. The van der Waals surface area contributed by atoms with Crippen LogP contribution in [0.3, 0.4) is 0 Å². The predicted octanol–water partition coefficient (Wildman–Crippen LogP) is 4.12. The molecule has 1 aliphatic rings. The first-order chi connectivity index (χ1) is 11.1. The second-order valence-electron chi connectivity index (χ2n) is 5.60. The number of methoxy groups -OCH3 is 1. The van der Waals surface area contributed by atoms with E-state index in [1.807, 2.05) is 0 Å². The van der Waals surface area contributed by atoms with Gasteiger partial charge in [-0.1, -0.05) is 0 Å². The van der Waals surface area contributed by atoms with E-state index in [-0.39, 0.29) is 24.0 Å². The molecule has 1 saturated heterocycles. The molecule has 0 amide bonds. The monoisotopic (exact) mass is 392 g/mol. The van der Waals surface area contributed by atoms with Crippen molar-refractivity contribution in [2.75, 3.05) is 33.3 Å². The third-order valence-electron chi connectivity index (χ3n) is 4.11. The van der Waals surface area contributed by atoms with Crippen LogP contribution in [0.1, 0.15) is 29.7 Å². The molecule has 0 unspecified atom stereocenters. The third kappa shape index (κ3) is 4.92. The summed E-state index contributed by atoms with van der Waals surface area (Å²) in [7, 11) is 1.07. The maximum absolute atomic E-state index is 13.4. The Hall–Kier alpha value is -1.19. The molecule has 25 heavy (non-hydrogen) atoms. The van der Waals surface area contributed by atoms with Crippen LogP contribution >= 0.6 is 12.4 Å². The van der Waals surface area contributed by atoms with E-state index in [0.29, 0.717) is 32.2 Å². The predicted molar refractivity (Wildman–Crippen MR) is 83.1 cm³/mol. The molecule has 1 aliphatic heterocycles. The largest absolute Gasteiger partial charge is 0.496 e. The van der Waals surface area contributed by atoms with E-state index in [1.54, 1.807) is 11.8 Å². The second-order valence-corrected chi connectivity index (χ2v) is 5.60. The van der Waals surface area contributed by atoms with E-state index in [9.17, 15) is 26.3 Å². The summed E-state index contributed by atoms with van der Waals surface area (Å²) in [6, 6.07) is 0.0702. The number of hydrogen-bond acceptors (Lipinski definition) is 3. The molecule has 144 valence electrons. The molecular weight excluding hydrogens is 374 g/mol. The Morgan fingerprint density at radius 1 is 1.04 bits per heavy atom. The number of nitrogens with one attached hydrogen (secondary N) is 1. The first-order valence-corrected chi connectivity index (χ1v) is 7.36. The van der Waals surface area contributed by atoms with Gasteiger partial charge in [-0.25, -0.2) is 0 Å². The molecule has 2 rings (SSSR count). The van der Waals surface area contributed by atoms with Gasteiger partial charge in [-0.2, -0.15) is 26.3 Å². The minimum atomic E-state index is -4.91. The van der Waals surface area contributed by atoms with Gasteiger partial charge in [0.1, 0.15) is 5.75 Å². The summed E-state index contributed by atoms with van der Waals surface area (Å²) in [6.07, 6.45) is -9.80. The highest BCUT2D eigenvalue weighted by atomic mass is 35.5. The zero-order valence-corrected chi connectivity index (χ0v) is 14.4. The van der Waals surface area contributed by atoms with Crippen LogP contribution in [0.15, 0.2) is 12.1 Å². The van der Waals surface area contributed by atoms with Crippen molar-refractivity contribution in [3.63, 3.8) is 0 Å². The van der Waals surface area contributed by atoms with Crippen LogP contribution in [-0.2, 0) is 12.4 Å². The molecule has 1 N–H and O–H groups in total. The van der Waals surface area contributed by atoms with Gasteiger partial charge in [0.05, 0.1) is 18.2 Å². The molecule has 1 aromatic carbocycles. The van der Waals surface area contributed by atoms with Crippen LogP contribution in [0.2, 0.25) is 0 Å². The van der Waals surface area contributed by atoms with Crippen molar-refractivity contribution in [1.82, 2.24) is 10.2 Å². The highest BCUT2D eigenvalue weighted by molar-refractivity contribution is 5.85. The van der Waals surface area contributed by atoms with Crippen molar-refractivity contribution in [2.45, 2.75) is 25.3 Å². The lowest BCUT2D eigenvalue weighted by molar-refractivity contribution is -0.144. The zero-order valence-electron chi connectivity index (χ0n) is 13.6. The molecule has 0 saturated carbocycles. The SMILES string of the molecule is COc1cc(C(F)(F)F)cc(C(F)(F)F)c1[C@H](C)N1CCNCC1.Cl. The van der Waals surface area contributed by atoms with Gasteiger partial charge in [-0.05, 0) is 19.1 Å². The normalized spacial score (nSPS) is 17.8. The number of piperazine rings is 1. The summed E-state index contributed by atoms with van der Waals surface area (Å²) >= 11 is 0. The van der Waals surface area contributed by atoms with Crippen LogP contribution in [0.4, 0.5) is 26.3 Å². The molecule has 0 radical (unpaired) electrons. The van der Waals surface area contributed by atoms with Gasteiger partial charge in [-0.15, -0.1) is 12.4 Å². The molecule has 0 aromatic heterocycles. The van der Waals surface area contributed by atoms with E-state index in [1.165, 1.54) is 0 Å². The maximum Gasteiger partial charge on any atom is 0.416 e. The number of rotatable bonds is 3. The van der Waals surface area contributed by atoms with E-state index in [0.717, 1.165) is 7.11 Å². The summed E-state index contributed by atoms with van der Waals surface area (Å²) in [6.45, 7) is 3.76. The molecule has 1 aromatic rings. The molecule has 1 heterocycles. The first-order valence-electron chi connectivity index (χ1n) is 7.36. The fourth-order valence-corrected chi connectivity index (χ4v) is 2.88. The number of alkyl halides is 6. The molecule has 1 atom stereocenters. The van der Waals surface area contributed by atoms with Crippen molar-refractivity contribution in [3.05, 3.63) is 28.8 Å². The minimum Gasteiger partial charge on any atom is -0.496 e. The van der Waals surface area contributed by atoms with E-state index in [2.05, 4.69) is 5.32 Å². The minimum absolute atomic E-state index is 0. The highest BCUT2D eigenvalue weighted by Crippen LogP contribution is 2.44. The molecule has 0 bridgehead atoms. The van der Waals surface area contributed by atoms with Gasteiger partial charge in [0.15, 0.2) is 0 Å². The summed E-state index contributed by atoms with van der Waals surface area (Å²) in [4.78, 5) is 1.79. The van der Waals surface area contributed by atoms with Gasteiger partial charge in [-0.3, -0.25) is 4.90 Å². The zero-order chi connectivity index (χ0) is 18.1. The number of halogens is 7. The van der Waals surface area contributed by atoms with Crippen LogP contribution in [0, 0.1) is 0 Å². The fraction of sp³-hybridized carbons (Fsp3) is 0.600. The Labute approximate surface area is 147 Å². The Morgan fingerprint density at radius 2 is 1.60 bits per heavy atom. The van der Waals surface area contributed by atoms with Crippen LogP contribution in [0.25, 0.3) is 0 Å². The fourth-order valence-electron chi connectivity index (χ4n) is 2.88. The molecular formula is C15H19ClF6N2O. The Bertz CT molecular complexity index is 585. The lowest BCUT2D eigenvalue weighted by Gasteiger charge is -2.35. The molecule has 3 nitrogen and oxygen atoms in total. The Morgan fingerprint density at radius 3 is 2.04 bits per heavy atom. The average Bonchev–Trinajstić information content (AvgIpc) is 2.52. The van der Waals surface area contributed by atoms with Gasteiger partial charge in [0, 0.05) is 37.8 Å². The topological polar surface area (TPSA) is 24.5 Å². The molecule has 10 heteroatoms. The lowest BCUT2D eigenvalue weighted by atomic mass is 9.95. The average molecular weight is 393 g/mol. The number of ether oxygens (including phenoxy) is 1. The van der Waals surface area contributed by atoms with Crippen LogP contribution in [0.5, 0.6) is 5.75 Å². The standard InChI is InChI=1S/C15H18F6N2O.ClH/c1-9(23-5-3-22-4-6-23)13-11(15(19,20)21)7-10(14(16,17)18)8-12(13)24-2;/h7-9,22H,3-6H2,1-2H3;1H/t9-;/m0./s1. The first kappa shape index (κ1) is 21.9. The van der Waals surface area contributed by atoms with Crippen molar-refractivity contribution in [2.24, 2.45) is 0 Å². The van der Waals surface area contributed by atoms with Crippen molar-refractivity contribution in [1.29, 1.82) is 0 Å². The van der Waals surface area contributed by atoms with Gasteiger partial charge < -0.3 is 10.1 Å². The van der Waals surface area contributed by atoms with Crippen LogP contribution < -0.4 is 10.1 Å². The molecule has 1 fully saturated rings. The summed E-state index contributed by atoms with van der Waals surface area (Å²) < 4.78 is 83.9. The molecule has 0 spiro atoms. The summed E-state index contributed by atoms with van der Waals surface area (Å²) in [5.41, 5.74) is -2.94. The van der Waals surface area contributed by atoms with E-state index < -0.39 is 35.3 Å². The second kappa shape index (κ2) is 8.01. The van der Waals surface area contributed by atoms with E-state index in [4.69, 9.17) is 4.74 Å². The van der Waals surface area contributed by atoms with Crippen LogP contribution in [-0.4, -0.2) is 38.2 Å². The highest BCUT2D eigenvalue weighted by Gasteiger charge is 2.41. The quantitative estimate of drug-likeness (QED) is 0.783. The lowest BCUT2D eigenvalue weighted by Crippen LogP contribution is -2.44. The van der Waals surface area contributed by atoms with Gasteiger partial charge >= 0.3 is 12.4 Å². The van der Waals surface area contributed by atoms with Crippen molar-refractivity contribution >= 4 is 12.4 Å². The third-order valence-corrected chi connectivity index (χ3v) is 4.11. The van der Waals surface area contributed by atoms with Gasteiger partial charge in [0.25, 0.3) is 0 Å². The maximum atomic E-state index is 13.4. The van der Waals surface area contributed by atoms with Crippen molar-refractivity contribution < 1.29 is 31.1 Å². The van der Waals surface area contributed by atoms with E-state index >= 15 is 0 Å².